The number of azide groups is 1. The van der Waals surface area contributed by atoms with E-state index in [4.69, 9.17) is 22.1 Å². The fourth-order valence-electron chi connectivity index (χ4n) is 5.09. The number of hydrogen-bond acceptors (Lipinski definition) is 3. The molecule has 0 bridgehead atoms. The number of imidazole rings is 1. The van der Waals surface area contributed by atoms with Crippen LogP contribution in [0.4, 0.5) is 4.39 Å². The Kier molecular flexibility index (Phi) is 5.68. The van der Waals surface area contributed by atoms with E-state index >= 15 is 0 Å². The number of nitrogens with zero attached hydrogens (tertiary/aromatic N) is 5. The van der Waals surface area contributed by atoms with E-state index in [1.165, 1.54) is 6.07 Å². The predicted octanol–water partition coefficient (Wildman–Crippen LogP) is 7.27. The highest BCUT2D eigenvalue weighted by Gasteiger charge is 2.31. The summed E-state index contributed by atoms with van der Waals surface area (Å²) >= 11 is 6.12. The zero-order valence-electron chi connectivity index (χ0n) is 17.4. The van der Waals surface area contributed by atoms with Gasteiger partial charge in [0.25, 0.3) is 0 Å². The molecule has 0 aliphatic heterocycles. The lowest BCUT2D eigenvalue weighted by molar-refractivity contribution is 0.279. The summed E-state index contributed by atoms with van der Waals surface area (Å²) in [6.45, 7) is 0.364. The second kappa shape index (κ2) is 8.77. The van der Waals surface area contributed by atoms with Crippen LogP contribution in [0.2, 0.25) is 5.02 Å². The molecule has 1 aliphatic rings. The van der Waals surface area contributed by atoms with Crippen molar-refractivity contribution in [2.75, 3.05) is 6.54 Å². The number of aromatic amines is 1. The van der Waals surface area contributed by atoms with Gasteiger partial charge in [-0.15, -0.1) is 0 Å². The minimum Gasteiger partial charge on any atom is -0.342 e. The number of H-pyrrole nitrogens is 1. The van der Waals surface area contributed by atoms with Crippen molar-refractivity contribution in [3.63, 3.8) is 0 Å². The minimum absolute atomic E-state index is 0.0182. The molecular formula is C24H22ClFN6. The maximum absolute atomic E-state index is 13.9. The highest BCUT2D eigenvalue weighted by Crippen LogP contribution is 2.43. The predicted molar refractivity (Wildman–Crippen MR) is 124 cm³/mol. The van der Waals surface area contributed by atoms with Crippen LogP contribution in [0, 0.1) is 11.7 Å². The lowest BCUT2D eigenvalue weighted by Gasteiger charge is -2.33. The van der Waals surface area contributed by atoms with Gasteiger partial charge in [-0.1, -0.05) is 16.7 Å². The van der Waals surface area contributed by atoms with Gasteiger partial charge < -0.3 is 4.98 Å². The molecule has 0 radical (unpaired) electrons. The SMILES string of the molecule is [N-]=[N+]=NCC(c1nc2cc(Cl)ccc2[nH]1)[C@H]1CC[C@@H](c2ccnc3ccc(F)cc32)CC1. The van der Waals surface area contributed by atoms with Crippen LogP contribution in [0.25, 0.3) is 32.4 Å². The van der Waals surface area contributed by atoms with Crippen LogP contribution in [-0.2, 0) is 0 Å². The first kappa shape index (κ1) is 20.7. The average molecular weight is 449 g/mol. The van der Waals surface area contributed by atoms with E-state index in [1.54, 1.807) is 12.1 Å². The summed E-state index contributed by atoms with van der Waals surface area (Å²) in [4.78, 5) is 15.5. The normalized spacial score (nSPS) is 19.7. The third-order valence-corrected chi connectivity index (χ3v) is 6.91. The third kappa shape index (κ3) is 4.01. The average Bonchev–Trinajstić information content (AvgIpc) is 3.22. The third-order valence-electron chi connectivity index (χ3n) is 6.67. The molecule has 4 aromatic rings. The summed E-state index contributed by atoms with van der Waals surface area (Å²) in [6, 6.07) is 12.4. The zero-order chi connectivity index (χ0) is 22.1. The lowest BCUT2D eigenvalue weighted by atomic mass is 9.73. The molecule has 1 atom stereocenters. The van der Waals surface area contributed by atoms with Gasteiger partial charge in [-0.3, -0.25) is 4.98 Å². The van der Waals surface area contributed by atoms with Gasteiger partial charge in [0, 0.05) is 34.0 Å². The molecule has 162 valence electrons. The fourth-order valence-corrected chi connectivity index (χ4v) is 5.25. The topological polar surface area (TPSA) is 90.3 Å². The summed E-state index contributed by atoms with van der Waals surface area (Å²) in [6.07, 6.45) is 5.74. The quantitative estimate of drug-likeness (QED) is 0.197. The van der Waals surface area contributed by atoms with Crippen LogP contribution < -0.4 is 0 Å². The van der Waals surface area contributed by atoms with Crippen molar-refractivity contribution in [3.05, 3.63) is 81.3 Å². The second-order valence-electron chi connectivity index (χ2n) is 8.48. The Morgan fingerprint density at radius 3 is 2.78 bits per heavy atom. The number of aromatic nitrogens is 3. The van der Waals surface area contributed by atoms with Crippen molar-refractivity contribution in [2.45, 2.75) is 37.5 Å². The highest BCUT2D eigenvalue weighted by molar-refractivity contribution is 6.31. The van der Waals surface area contributed by atoms with E-state index < -0.39 is 0 Å². The van der Waals surface area contributed by atoms with E-state index in [9.17, 15) is 4.39 Å². The standard InChI is InChI=1S/C24H22ClFN6/c25-16-5-7-22-23(11-16)31-24(30-22)20(13-29-32-27)15-3-1-14(2-4-15)18-9-10-28-21-8-6-17(26)12-19(18)21/h5-12,14-15,20H,1-4,13H2,(H,30,31)/t14-,15+,20?. The number of fused-ring (bicyclic) bond motifs is 2. The highest BCUT2D eigenvalue weighted by atomic mass is 35.5. The molecule has 6 nitrogen and oxygen atoms in total. The summed E-state index contributed by atoms with van der Waals surface area (Å²) in [5, 5.41) is 5.42. The Morgan fingerprint density at radius 2 is 1.97 bits per heavy atom. The molecule has 2 heterocycles. The van der Waals surface area contributed by atoms with Crippen LogP contribution >= 0.6 is 11.6 Å². The Morgan fingerprint density at radius 1 is 1.12 bits per heavy atom. The van der Waals surface area contributed by atoms with Crippen molar-refractivity contribution < 1.29 is 4.39 Å². The number of pyridine rings is 1. The molecule has 1 aliphatic carbocycles. The number of benzene rings is 2. The van der Waals surface area contributed by atoms with Crippen LogP contribution in [0.15, 0.2) is 53.8 Å². The first-order valence-electron chi connectivity index (χ1n) is 10.8. The molecule has 32 heavy (non-hydrogen) atoms. The molecule has 2 aromatic carbocycles. The molecule has 1 fully saturated rings. The van der Waals surface area contributed by atoms with Crippen LogP contribution in [0.3, 0.4) is 0 Å². The Labute approximate surface area is 189 Å². The monoisotopic (exact) mass is 448 g/mol. The summed E-state index contributed by atoms with van der Waals surface area (Å²) in [5.41, 5.74) is 12.7. The van der Waals surface area contributed by atoms with Gasteiger partial charge in [0.05, 0.1) is 16.6 Å². The summed E-state index contributed by atoms with van der Waals surface area (Å²) in [7, 11) is 0. The number of halogens is 2. The first-order chi connectivity index (χ1) is 15.6. The maximum atomic E-state index is 13.9. The Balaban J connectivity index is 1.39. The summed E-state index contributed by atoms with van der Waals surface area (Å²) in [5.74, 6) is 1.32. The molecule has 2 aromatic heterocycles. The van der Waals surface area contributed by atoms with Gasteiger partial charge in [-0.05, 0) is 91.1 Å². The maximum Gasteiger partial charge on any atom is 0.123 e. The molecule has 5 rings (SSSR count). The molecule has 8 heteroatoms. The van der Waals surface area contributed by atoms with Crippen molar-refractivity contribution in [1.82, 2.24) is 15.0 Å². The number of rotatable bonds is 5. The smallest absolute Gasteiger partial charge is 0.123 e. The Hall–Kier alpha value is -3.15. The zero-order valence-corrected chi connectivity index (χ0v) is 18.1. The van der Waals surface area contributed by atoms with Crippen LogP contribution in [0.1, 0.15) is 48.9 Å². The second-order valence-corrected chi connectivity index (χ2v) is 8.91. The van der Waals surface area contributed by atoms with E-state index in [0.29, 0.717) is 23.4 Å². The van der Waals surface area contributed by atoms with Crippen LogP contribution in [-0.4, -0.2) is 21.5 Å². The van der Waals surface area contributed by atoms with Gasteiger partial charge in [-0.25, -0.2) is 9.37 Å². The molecule has 1 unspecified atom stereocenters. The van der Waals surface area contributed by atoms with Gasteiger partial charge >= 0.3 is 0 Å². The van der Waals surface area contributed by atoms with Gasteiger partial charge in [0.15, 0.2) is 0 Å². The number of nitrogens with one attached hydrogen (secondary N) is 1. The van der Waals surface area contributed by atoms with E-state index in [-0.39, 0.29) is 11.7 Å². The van der Waals surface area contributed by atoms with Crippen molar-refractivity contribution >= 4 is 33.5 Å². The van der Waals surface area contributed by atoms with Gasteiger partial charge in [0.2, 0.25) is 0 Å². The molecule has 0 spiro atoms. The molecule has 0 amide bonds. The minimum atomic E-state index is -0.236. The molecule has 0 saturated heterocycles. The van der Waals surface area contributed by atoms with E-state index in [0.717, 1.165) is 59.0 Å². The first-order valence-corrected chi connectivity index (χ1v) is 11.2. The molecule has 1 saturated carbocycles. The van der Waals surface area contributed by atoms with Crippen molar-refractivity contribution in [2.24, 2.45) is 11.0 Å². The largest absolute Gasteiger partial charge is 0.342 e. The fraction of sp³-hybridized carbons (Fsp3) is 0.333. The van der Waals surface area contributed by atoms with Gasteiger partial charge in [-0.2, -0.15) is 0 Å². The molecule has 1 N–H and O–H groups in total. The van der Waals surface area contributed by atoms with E-state index in [2.05, 4.69) is 20.0 Å². The van der Waals surface area contributed by atoms with Crippen molar-refractivity contribution in [3.8, 4) is 0 Å². The lowest BCUT2D eigenvalue weighted by Crippen LogP contribution is -2.22. The van der Waals surface area contributed by atoms with Crippen LogP contribution in [0.5, 0.6) is 0 Å². The molecular weight excluding hydrogens is 427 g/mol. The Bertz CT molecular complexity index is 1320. The van der Waals surface area contributed by atoms with E-state index in [1.807, 2.05) is 30.5 Å². The van der Waals surface area contributed by atoms with Crippen molar-refractivity contribution in [1.29, 1.82) is 0 Å². The summed E-state index contributed by atoms with van der Waals surface area (Å²) < 4.78 is 13.9. The van der Waals surface area contributed by atoms with Gasteiger partial charge in [0.1, 0.15) is 11.6 Å². The number of hydrogen-bond donors (Lipinski definition) is 1.